The van der Waals surface area contributed by atoms with Crippen LogP contribution in [-0.4, -0.2) is 39.1 Å². The number of carbonyl (C=O) groups excluding carboxylic acids is 3. The lowest BCUT2D eigenvalue weighted by molar-refractivity contribution is -0.134. The molecule has 34 heavy (non-hydrogen) atoms. The molecule has 0 spiro atoms. The van der Waals surface area contributed by atoms with Gasteiger partial charge in [-0.1, -0.05) is 67.8 Å². The summed E-state index contributed by atoms with van der Waals surface area (Å²) in [5.74, 6) is -0.412. The summed E-state index contributed by atoms with van der Waals surface area (Å²) in [5, 5.41) is 10.1. The quantitative estimate of drug-likeness (QED) is 0.497. The first-order valence-electron chi connectivity index (χ1n) is 11.5. The summed E-state index contributed by atoms with van der Waals surface area (Å²) in [6, 6.07) is 18.1. The third-order valence-electron chi connectivity index (χ3n) is 6.03. The van der Waals surface area contributed by atoms with Gasteiger partial charge in [0, 0.05) is 6.07 Å². The molecule has 4 amide bonds. The Labute approximate surface area is 199 Å². The molecule has 2 aromatic carbocycles. The summed E-state index contributed by atoms with van der Waals surface area (Å²) in [6.07, 6.45) is 2.10. The Bertz CT molecular complexity index is 1200. The second kappa shape index (κ2) is 9.51. The monoisotopic (exact) mass is 459 g/mol. The van der Waals surface area contributed by atoms with Gasteiger partial charge < -0.3 is 10.6 Å². The molecule has 1 fully saturated rings. The van der Waals surface area contributed by atoms with Crippen molar-refractivity contribution in [1.82, 2.24) is 20.0 Å². The fourth-order valence-corrected chi connectivity index (χ4v) is 4.24. The van der Waals surface area contributed by atoms with Crippen LogP contribution in [-0.2, 0) is 15.1 Å². The predicted molar refractivity (Wildman–Crippen MR) is 130 cm³/mol. The molecule has 2 heterocycles. The Balaban J connectivity index is 1.54. The molecule has 1 aliphatic rings. The van der Waals surface area contributed by atoms with Crippen LogP contribution in [0.4, 0.5) is 10.6 Å². The molecule has 0 radical (unpaired) electrons. The molecule has 0 bridgehead atoms. The topological polar surface area (TPSA) is 96.3 Å². The lowest BCUT2D eigenvalue weighted by atomic mass is 9.85. The van der Waals surface area contributed by atoms with Crippen molar-refractivity contribution in [2.75, 3.05) is 11.9 Å². The molecule has 3 aromatic rings. The van der Waals surface area contributed by atoms with Crippen molar-refractivity contribution >= 4 is 23.7 Å². The van der Waals surface area contributed by atoms with Crippen LogP contribution in [0.15, 0.2) is 60.7 Å². The molecule has 1 atom stereocenters. The van der Waals surface area contributed by atoms with E-state index >= 15 is 0 Å². The number of benzene rings is 2. The molecule has 1 aliphatic heterocycles. The molecule has 1 saturated heterocycles. The molecule has 0 saturated carbocycles. The highest BCUT2D eigenvalue weighted by Crippen LogP contribution is 2.34. The van der Waals surface area contributed by atoms with E-state index < -0.39 is 23.4 Å². The van der Waals surface area contributed by atoms with Crippen LogP contribution in [0.25, 0.3) is 5.69 Å². The van der Waals surface area contributed by atoms with Gasteiger partial charge in [-0.05, 0) is 38.0 Å². The van der Waals surface area contributed by atoms with Crippen molar-refractivity contribution in [2.24, 2.45) is 0 Å². The van der Waals surface area contributed by atoms with E-state index in [-0.39, 0.29) is 6.54 Å². The number of amides is 4. The van der Waals surface area contributed by atoms with Crippen LogP contribution < -0.4 is 10.6 Å². The normalized spacial score (nSPS) is 17.7. The number of aryl methyl sites for hydroxylation is 2. The number of nitrogens with one attached hydrogen (secondary N) is 2. The number of imide groups is 1. The third kappa shape index (κ3) is 4.44. The highest BCUT2D eigenvalue weighted by Gasteiger charge is 2.52. The maximum atomic E-state index is 13.5. The maximum absolute atomic E-state index is 13.5. The van der Waals surface area contributed by atoms with Crippen LogP contribution in [0.1, 0.15) is 43.0 Å². The molecule has 176 valence electrons. The second-order valence-corrected chi connectivity index (χ2v) is 8.66. The Hall–Kier alpha value is -3.94. The Morgan fingerprint density at radius 3 is 2.44 bits per heavy atom. The van der Waals surface area contributed by atoms with Gasteiger partial charge in [-0.15, -0.1) is 0 Å². The number of anilines is 1. The standard InChI is InChI=1S/C26H29N5O3/c1-4-5-15-26(20-9-7-6-8-10-20)24(33)30(25(34)28-26)17-23(32)27-22-16-19(3)29-31(22)21-13-11-18(2)12-14-21/h6-14,16H,4-5,15,17H2,1-3H3,(H,27,32)(H,28,34). The van der Waals surface area contributed by atoms with E-state index in [9.17, 15) is 14.4 Å². The van der Waals surface area contributed by atoms with E-state index in [1.807, 2.05) is 75.4 Å². The number of nitrogens with zero attached hydrogens (tertiary/aromatic N) is 3. The second-order valence-electron chi connectivity index (χ2n) is 8.66. The Morgan fingerprint density at radius 2 is 1.76 bits per heavy atom. The van der Waals surface area contributed by atoms with Crippen molar-refractivity contribution in [3.05, 3.63) is 77.5 Å². The van der Waals surface area contributed by atoms with Crippen molar-refractivity contribution in [3.8, 4) is 5.69 Å². The molecule has 8 nitrogen and oxygen atoms in total. The van der Waals surface area contributed by atoms with Gasteiger partial charge in [0.25, 0.3) is 5.91 Å². The highest BCUT2D eigenvalue weighted by atomic mass is 16.2. The number of urea groups is 1. The van der Waals surface area contributed by atoms with Crippen molar-refractivity contribution in [3.63, 3.8) is 0 Å². The molecule has 1 unspecified atom stereocenters. The van der Waals surface area contributed by atoms with Gasteiger partial charge in [0.15, 0.2) is 0 Å². The molecule has 2 N–H and O–H groups in total. The van der Waals surface area contributed by atoms with Crippen molar-refractivity contribution < 1.29 is 14.4 Å². The predicted octanol–water partition coefficient (Wildman–Crippen LogP) is 4.07. The van der Waals surface area contributed by atoms with Gasteiger partial charge in [-0.25, -0.2) is 9.48 Å². The first kappa shape index (κ1) is 23.2. The van der Waals surface area contributed by atoms with Gasteiger partial charge >= 0.3 is 6.03 Å². The first-order valence-corrected chi connectivity index (χ1v) is 11.5. The smallest absolute Gasteiger partial charge is 0.319 e. The summed E-state index contributed by atoms with van der Waals surface area (Å²) < 4.78 is 1.63. The fourth-order valence-electron chi connectivity index (χ4n) is 4.24. The summed E-state index contributed by atoms with van der Waals surface area (Å²) >= 11 is 0. The van der Waals surface area contributed by atoms with Crippen LogP contribution in [0.3, 0.4) is 0 Å². The molecular weight excluding hydrogens is 430 g/mol. The minimum atomic E-state index is -1.16. The molecule has 1 aromatic heterocycles. The van der Waals surface area contributed by atoms with Crippen LogP contribution >= 0.6 is 0 Å². The average Bonchev–Trinajstić information content (AvgIpc) is 3.31. The van der Waals surface area contributed by atoms with E-state index in [2.05, 4.69) is 15.7 Å². The number of hydrogen-bond donors (Lipinski definition) is 2. The van der Waals surface area contributed by atoms with E-state index in [4.69, 9.17) is 0 Å². The Morgan fingerprint density at radius 1 is 1.06 bits per heavy atom. The third-order valence-corrected chi connectivity index (χ3v) is 6.03. The number of aromatic nitrogens is 2. The fraction of sp³-hybridized carbons (Fsp3) is 0.308. The maximum Gasteiger partial charge on any atom is 0.325 e. The zero-order valence-corrected chi connectivity index (χ0v) is 19.7. The number of rotatable bonds is 8. The summed E-state index contributed by atoms with van der Waals surface area (Å²) in [6.45, 7) is 5.47. The van der Waals surface area contributed by atoms with Crippen LogP contribution in [0, 0.1) is 13.8 Å². The molecule has 0 aliphatic carbocycles. The molecular formula is C26H29N5O3. The van der Waals surface area contributed by atoms with E-state index in [1.165, 1.54) is 0 Å². The van der Waals surface area contributed by atoms with Crippen molar-refractivity contribution in [1.29, 1.82) is 0 Å². The minimum Gasteiger partial charge on any atom is -0.319 e. The van der Waals surface area contributed by atoms with Crippen LogP contribution in [0.5, 0.6) is 0 Å². The van der Waals surface area contributed by atoms with Gasteiger partial charge in [-0.3, -0.25) is 14.5 Å². The number of carbonyl (C=O) groups is 3. The van der Waals surface area contributed by atoms with Gasteiger partial charge in [0.1, 0.15) is 17.9 Å². The van der Waals surface area contributed by atoms with E-state index in [0.29, 0.717) is 12.2 Å². The van der Waals surface area contributed by atoms with Gasteiger partial charge in [0.2, 0.25) is 5.91 Å². The average molecular weight is 460 g/mol. The van der Waals surface area contributed by atoms with Gasteiger partial charge in [0.05, 0.1) is 11.4 Å². The highest BCUT2D eigenvalue weighted by molar-refractivity contribution is 6.10. The first-order chi connectivity index (χ1) is 16.3. The SMILES string of the molecule is CCCCC1(c2ccccc2)NC(=O)N(CC(=O)Nc2cc(C)nn2-c2ccc(C)cc2)C1=O. The minimum absolute atomic E-state index is 0.385. The largest absolute Gasteiger partial charge is 0.325 e. The van der Waals surface area contributed by atoms with E-state index in [1.54, 1.807) is 10.7 Å². The van der Waals surface area contributed by atoms with Crippen LogP contribution in [0.2, 0.25) is 0 Å². The zero-order chi connectivity index (χ0) is 24.3. The molecule has 4 rings (SSSR count). The summed E-state index contributed by atoms with van der Waals surface area (Å²) in [5.41, 5.74) is 2.20. The number of hydrogen-bond acceptors (Lipinski definition) is 4. The summed E-state index contributed by atoms with van der Waals surface area (Å²) in [4.78, 5) is 40.3. The summed E-state index contributed by atoms with van der Waals surface area (Å²) in [7, 11) is 0. The lowest BCUT2D eigenvalue weighted by Gasteiger charge is -2.27. The zero-order valence-electron chi connectivity index (χ0n) is 19.7. The number of unbranched alkanes of at least 4 members (excludes halogenated alkanes) is 1. The Kier molecular flexibility index (Phi) is 6.49. The van der Waals surface area contributed by atoms with Gasteiger partial charge in [-0.2, -0.15) is 5.10 Å². The van der Waals surface area contributed by atoms with E-state index in [0.717, 1.165) is 40.2 Å². The van der Waals surface area contributed by atoms with Crippen molar-refractivity contribution in [2.45, 2.75) is 45.6 Å². The lowest BCUT2D eigenvalue weighted by Crippen LogP contribution is -2.44. The molecule has 8 heteroatoms.